The number of amides is 3. The summed E-state index contributed by atoms with van der Waals surface area (Å²) < 4.78 is 21.9. The Labute approximate surface area is 204 Å². The van der Waals surface area contributed by atoms with Crippen molar-refractivity contribution in [2.45, 2.75) is 6.92 Å². The van der Waals surface area contributed by atoms with Gasteiger partial charge in [0.15, 0.2) is 0 Å². The van der Waals surface area contributed by atoms with Crippen LogP contribution in [-0.4, -0.2) is 40.0 Å². The highest BCUT2D eigenvalue weighted by molar-refractivity contribution is 6.30. The molecule has 178 valence electrons. The maximum atomic E-state index is 14.1. The van der Waals surface area contributed by atoms with Crippen molar-refractivity contribution in [2.75, 3.05) is 18.5 Å². The number of urea groups is 1. The van der Waals surface area contributed by atoms with Gasteiger partial charge < -0.3 is 19.2 Å². The average Bonchev–Trinajstić information content (AvgIpc) is 3.27. The van der Waals surface area contributed by atoms with Gasteiger partial charge in [-0.05, 0) is 42.8 Å². The monoisotopic (exact) mass is 494 g/mol. The van der Waals surface area contributed by atoms with E-state index in [0.717, 1.165) is 4.90 Å². The van der Waals surface area contributed by atoms with Gasteiger partial charge in [-0.3, -0.25) is 9.59 Å². The number of likely N-dealkylation sites (N-methyl/N-ethyl adjacent to an activating group) is 1. The van der Waals surface area contributed by atoms with Crippen LogP contribution >= 0.6 is 11.6 Å². The number of carbonyl (C=O) groups excluding carboxylic acids is 2. The third-order valence-corrected chi connectivity index (χ3v) is 6.29. The molecule has 5 rings (SSSR count). The number of halogens is 2. The number of aromatic nitrogens is 2. The van der Waals surface area contributed by atoms with Crippen molar-refractivity contribution in [1.29, 1.82) is 0 Å². The number of H-pyrrole nitrogens is 1. The molecule has 0 spiro atoms. The molecule has 4 aromatic rings. The molecule has 2 aromatic heterocycles. The Kier molecular flexibility index (Phi) is 5.36. The second-order valence-corrected chi connectivity index (χ2v) is 8.81. The molecule has 10 heteroatoms. The van der Waals surface area contributed by atoms with Crippen molar-refractivity contribution in [3.05, 3.63) is 75.5 Å². The highest BCUT2D eigenvalue weighted by Gasteiger charge is 2.36. The number of pyridine rings is 1. The number of imide groups is 1. The number of hydrogen-bond donors (Lipinski definition) is 1. The number of carbonyl (C=O) groups is 2. The fraction of sp³-hybridized carbons (Fsp3) is 0.160. The predicted molar refractivity (Wildman–Crippen MR) is 131 cm³/mol. The van der Waals surface area contributed by atoms with Gasteiger partial charge in [-0.25, -0.2) is 14.1 Å². The molecule has 1 fully saturated rings. The van der Waals surface area contributed by atoms with Crippen molar-refractivity contribution >= 4 is 40.1 Å². The lowest BCUT2D eigenvalue weighted by molar-refractivity contribution is -0.116. The van der Waals surface area contributed by atoms with E-state index in [1.165, 1.54) is 23.1 Å². The molecule has 1 aliphatic heterocycles. The molecule has 1 N–H and O–H groups in total. The Hall–Kier alpha value is -4.11. The predicted octanol–water partition coefficient (Wildman–Crippen LogP) is 4.83. The normalized spacial score (nSPS) is 13.9. The van der Waals surface area contributed by atoms with Crippen LogP contribution in [0.15, 0.2) is 53.6 Å². The molecule has 0 saturated carbocycles. The van der Waals surface area contributed by atoms with Gasteiger partial charge in [0.1, 0.15) is 29.4 Å². The zero-order chi connectivity index (χ0) is 25.0. The highest BCUT2D eigenvalue weighted by atomic mass is 35.5. The molecule has 0 unspecified atom stereocenters. The Bertz CT molecular complexity index is 1590. The van der Waals surface area contributed by atoms with Crippen LogP contribution in [0.2, 0.25) is 5.02 Å². The molecule has 0 atom stereocenters. The number of rotatable bonds is 4. The van der Waals surface area contributed by atoms with Crippen molar-refractivity contribution in [3.63, 3.8) is 0 Å². The van der Waals surface area contributed by atoms with E-state index >= 15 is 0 Å². The molecule has 1 aliphatic rings. The minimum atomic E-state index is -0.632. The third kappa shape index (κ3) is 3.74. The first-order valence-electron chi connectivity index (χ1n) is 10.7. The van der Waals surface area contributed by atoms with Crippen LogP contribution in [0, 0.1) is 12.7 Å². The Balaban J connectivity index is 1.75. The summed E-state index contributed by atoms with van der Waals surface area (Å²) in [6.45, 7) is 1.72. The van der Waals surface area contributed by atoms with E-state index in [9.17, 15) is 18.8 Å². The molecule has 8 nitrogen and oxygen atoms in total. The summed E-state index contributed by atoms with van der Waals surface area (Å²) >= 11 is 5.81. The summed E-state index contributed by atoms with van der Waals surface area (Å²) in [6.07, 6.45) is 3.31. The van der Waals surface area contributed by atoms with Crippen molar-refractivity contribution in [1.82, 2.24) is 14.5 Å². The van der Waals surface area contributed by atoms with Gasteiger partial charge in [0.2, 0.25) is 0 Å². The van der Waals surface area contributed by atoms with E-state index in [4.69, 9.17) is 16.3 Å². The van der Waals surface area contributed by atoms with Crippen molar-refractivity contribution in [2.24, 2.45) is 7.05 Å². The molecule has 0 aliphatic carbocycles. The smallest absolute Gasteiger partial charge is 0.331 e. The minimum absolute atomic E-state index is 0.0282. The highest BCUT2D eigenvalue weighted by Crippen LogP contribution is 2.42. The fourth-order valence-corrected chi connectivity index (χ4v) is 4.43. The summed E-state index contributed by atoms with van der Waals surface area (Å²) in [6, 6.07) is 8.79. The number of ether oxygens (including phenoxy) is 1. The first-order chi connectivity index (χ1) is 16.7. The molecule has 0 radical (unpaired) electrons. The van der Waals surface area contributed by atoms with Crippen LogP contribution in [0.1, 0.15) is 5.56 Å². The van der Waals surface area contributed by atoms with E-state index in [-0.39, 0.29) is 28.8 Å². The SMILES string of the molecule is Cc1cc(Oc2ccc(Cl)c(F)c2)c(-c2cn(C)c3c(=O)[nH]ccc23)cc1N1C(=O)CN(C)C1=O. The van der Waals surface area contributed by atoms with E-state index in [0.29, 0.717) is 39.0 Å². The zero-order valence-electron chi connectivity index (χ0n) is 19.1. The largest absolute Gasteiger partial charge is 0.457 e. The van der Waals surface area contributed by atoms with Crippen LogP contribution in [0.4, 0.5) is 14.9 Å². The fourth-order valence-electron chi connectivity index (χ4n) is 4.31. The maximum Gasteiger partial charge on any atom is 0.331 e. The van der Waals surface area contributed by atoms with Crippen molar-refractivity contribution in [3.8, 4) is 22.6 Å². The molecule has 3 heterocycles. The second kappa shape index (κ2) is 8.28. The van der Waals surface area contributed by atoms with Gasteiger partial charge in [0.25, 0.3) is 11.5 Å². The standard InChI is InChI=1S/C25H20ClFN4O4/c1-13-8-21(35-14-4-5-18(26)19(27)9-14)16(10-20(13)31-22(32)12-30(3)25(31)34)17-11-29(2)23-15(17)6-7-28-24(23)33/h4-11H,12H2,1-3H3,(H,28,33). The topological polar surface area (TPSA) is 87.6 Å². The first kappa shape index (κ1) is 22.7. The zero-order valence-corrected chi connectivity index (χ0v) is 19.8. The summed E-state index contributed by atoms with van der Waals surface area (Å²) in [7, 11) is 3.30. The van der Waals surface area contributed by atoms with Gasteiger partial charge in [-0.15, -0.1) is 0 Å². The van der Waals surface area contributed by atoms with E-state index in [1.54, 1.807) is 56.2 Å². The van der Waals surface area contributed by atoms with Crippen LogP contribution < -0.4 is 15.2 Å². The summed E-state index contributed by atoms with van der Waals surface area (Å²) in [4.78, 5) is 42.9. The lowest BCUT2D eigenvalue weighted by atomic mass is 10.0. The third-order valence-electron chi connectivity index (χ3n) is 5.99. The quantitative estimate of drug-likeness (QED) is 0.412. The molecule has 1 saturated heterocycles. The van der Waals surface area contributed by atoms with Gasteiger partial charge in [-0.1, -0.05) is 11.6 Å². The Morgan fingerprint density at radius 3 is 2.51 bits per heavy atom. The summed E-state index contributed by atoms with van der Waals surface area (Å²) in [5.74, 6) is -0.416. The van der Waals surface area contributed by atoms with Crippen LogP contribution in [0.3, 0.4) is 0 Å². The Morgan fingerprint density at radius 2 is 1.83 bits per heavy atom. The van der Waals surface area contributed by atoms with E-state index in [1.807, 2.05) is 0 Å². The maximum absolute atomic E-state index is 14.1. The molecule has 2 aromatic carbocycles. The molecular weight excluding hydrogens is 475 g/mol. The first-order valence-corrected chi connectivity index (χ1v) is 11.1. The lowest BCUT2D eigenvalue weighted by Gasteiger charge is -2.20. The number of anilines is 1. The molecule has 0 bridgehead atoms. The van der Waals surface area contributed by atoms with Gasteiger partial charge >= 0.3 is 6.03 Å². The molecule has 35 heavy (non-hydrogen) atoms. The van der Waals surface area contributed by atoms with Gasteiger partial charge in [0, 0.05) is 49.1 Å². The average molecular weight is 495 g/mol. The number of nitrogens with one attached hydrogen (secondary N) is 1. The number of benzene rings is 2. The minimum Gasteiger partial charge on any atom is -0.457 e. The number of aryl methyl sites for hydroxylation is 2. The van der Waals surface area contributed by atoms with Crippen LogP contribution in [0.5, 0.6) is 11.5 Å². The number of nitrogens with zero attached hydrogens (tertiary/aromatic N) is 3. The second-order valence-electron chi connectivity index (χ2n) is 8.40. The summed E-state index contributed by atoms with van der Waals surface area (Å²) in [5, 5.41) is 0.613. The van der Waals surface area contributed by atoms with Crippen LogP contribution in [0.25, 0.3) is 22.0 Å². The van der Waals surface area contributed by atoms with Gasteiger partial charge in [0.05, 0.1) is 10.7 Å². The lowest BCUT2D eigenvalue weighted by Crippen LogP contribution is -2.32. The van der Waals surface area contributed by atoms with E-state index < -0.39 is 11.8 Å². The number of fused-ring (bicyclic) bond motifs is 1. The van der Waals surface area contributed by atoms with Crippen molar-refractivity contribution < 1.29 is 18.7 Å². The van der Waals surface area contributed by atoms with Crippen LogP contribution in [-0.2, 0) is 11.8 Å². The number of aromatic amines is 1. The molecule has 3 amide bonds. The number of hydrogen-bond acceptors (Lipinski definition) is 4. The van der Waals surface area contributed by atoms with E-state index in [2.05, 4.69) is 4.98 Å². The molecular formula is C25H20ClFN4O4. The van der Waals surface area contributed by atoms with Gasteiger partial charge in [-0.2, -0.15) is 0 Å². The Morgan fingerprint density at radius 1 is 1.06 bits per heavy atom. The summed E-state index contributed by atoms with van der Waals surface area (Å²) in [5.41, 5.74) is 2.35.